The number of hydrogen-bond acceptors (Lipinski definition) is 3. The summed E-state index contributed by atoms with van der Waals surface area (Å²) in [5, 5.41) is 12.5. The van der Waals surface area contributed by atoms with E-state index in [0.717, 1.165) is 38.1 Å². The van der Waals surface area contributed by atoms with E-state index in [1.807, 2.05) is 24.3 Å². The van der Waals surface area contributed by atoms with Crippen molar-refractivity contribution >= 4 is 5.97 Å². The summed E-state index contributed by atoms with van der Waals surface area (Å²) in [6, 6.07) is 7.92. The molecule has 0 aromatic heterocycles. The Bertz CT molecular complexity index is 416. The first-order valence-corrected chi connectivity index (χ1v) is 6.77. The van der Waals surface area contributed by atoms with Crippen LogP contribution in [0, 0.1) is 11.8 Å². The molecule has 1 aliphatic rings. The molecule has 2 atom stereocenters. The molecule has 104 valence electrons. The minimum absolute atomic E-state index is 0.164. The van der Waals surface area contributed by atoms with Crippen molar-refractivity contribution in [3.05, 3.63) is 29.8 Å². The minimum Gasteiger partial charge on any atom is -0.497 e. The van der Waals surface area contributed by atoms with E-state index in [4.69, 9.17) is 9.84 Å². The van der Waals surface area contributed by atoms with Gasteiger partial charge in [0.05, 0.1) is 13.0 Å². The predicted molar refractivity (Wildman–Crippen MR) is 73.2 cm³/mol. The molecule has 0 radical (unpaired) electrons. The van der Waals surface area contributed by atoms with Crippen molar-refractivity contribution < 1.29 is 14.6 Å². The molecule has 0 spiro atoms. The number of carbonyl (C=O) groups is 1. The number of methoxy groups -OCH3 is 1. The van der Waals surface area contributed by atoms with Gasteiger partial charge in [-0.1, -0.05) is 18.6 Å². The first-order chi connectivity index (χ1) is 9.20. The minimum atomic E-state index is -0.645. The van der Waals surface area contributed by atoms with Crippen LogP contribution in [0.3, 0.4) is 0 Å². The Kier molecular flexibility index (Phi) is 4.80. The summed E-state index contributed by atoms with van der Waals surface area (Å²) in [6.45, 7) is 1.55. The van der Waals surface area contributed by atoms with Gasteiger partial charge in [0.2, 0.25) is 0 Å². The second-order valence-corrected chi connectivity index (χ2v) is 5.11. The highest BCUT2D eigenvalue weighted by Crippen LogP contribution is 2.31. The van der Waals surface area contributed by atoms with Gasteiger partial charge in [0.15, 0.2) is 0 Å². The Morgan fingerprint density at radius 1 is 1.37 bits per heavy atom. The lowest BCUT2D eigenvalue weighted by Crippen LogP contribution is -2.28. The van der Waals surface area contributed by atoms with Crippen molar-refractivity contribution in [2.75, 3.05) is 13.7 Å². The van der Waals surface area contributed by atoms with Gasteiger partial charge in [-0.05, 0) is 43.0 Å². The van der Waals surface area contributed by atoms with Gasteiger partial charge >= 0.3 is 5.97 Å². The Labute approximate surface area is 113 Å². The maximum atomic E-state index is 11.1. The standard InChI is InChI=1S/C15H21NO3/c1-19-13-7-5-11(6-8-13)9-16-10-12-3-2-4-14(12)15(17)18/h5-8,12,14,16H,2-4,9-10H2,1H3,(H,17,18). The van der Waals surface area contributed by atoms with E-state index >= 15 is 0 Å². The summed E-state index contributed by atoms with van der Waals surface area (Å²) in [6.07, 6.45) is 2.88. The van der Waals surface area contributed by atoms with Crippen molar-refractivity contribution in [3.8, 4) is 5.75 Å². The molecule has 4 nitrogen and oxygen atoms in total. The van der Waals surface area contributed by atoms with Gasteiger partial charge in [-0.25, -0.2) is 0 Å². The molecule has 0 aliphatic heterocycles. The van der Waals surface area contributed by atoms with Crippen molar-refractivity contribution in [2.24, 2.45) is 11.8 Å². The van der Waals surface area contributed by atoms with Crippen LogP contribution in [-0.4, -0.2) is 24.7 Å². The molecule has 0 saturated heterocycles. The van der Waals surface area contributed by atoms with Crippen LogP contribution in [0.15, 0.2) is 24.3 Å². The molecule has 1 aromatic carbocycles. The van der Waals surface area contributed by atoms with Crippen molar-refractivity contribution in [1.82, 2.24) is 5.32 Å². The number of nitrogens with one attached hydrogen (secondary N) is 1. The van der Waals surface area contributed by atoms with E-state index in [9.17, 15) is 4.79 Å². The van der Waals surface area contributed by atoms with E-state index in [-0.39, 0.29) is 11.8 Å². The molecule has 2 rings (SSSR count). The topological polar surface area (TPSA) is 58.6 Å². The van der Waals surface area contributed by atoms with Crippen LogP contribution < -0.4 is 10.1 Å². The number of carboxylic acids is 1. The molecule has 2 N–H and O–H groups in total. The van der Waals surface area contributed by atoms with Crippen molar-refractivity contribution in [3.63, 3.8) is 0 Å². The quantitative estimate of drug-likeness (QED) is 0.826. The van der Waals surface area contributed by atoms with Crippen LogP contribution in [0.2, 0.25) is 0 Å². The van der Waals surface area contributed by atoms with Crippen LogP contribution in [0.25, 0.3) is 0 Å². The zero-order valence-corrected chi connectivity index (χ0v) is 11.3. The summed E-state index contributed by atoms with van der Waals surface area (Å²) < 4.78 is 5.11. The Morgan fingerprint density at radius 3 is 2.74 bits per heavy atom. The zero-order chi connectivity index (χ0) is 13.7. The number of ether oxygens (including phenoxy) is 1. The molecule has 0 bridgehead atoms. The van der Waals surface area contributed by atoms with Crippen LogP contribution >= 0.6 is 0 Å². The van der Waals surface area contributed by atoms with Gasteiger partial charge in [0.25, 0.3) is 0 Å². The molecular formula is C15H21NO3. The van der Waals surface area contributed by atoms with Gasteiger partial charge in [-0.2, -0.15) is 0 Å². The summed E-state index contributed by atoms with van der Waals surface area (Å²) >= 11 is 0. The maximum absolute atomic E-state index is 11.1. The smallest absolute Gasteiger partial charge is 0.306 e. The Morgan fingerprint density at radius 2 is 2.11 bits per heavy atom. The molecule has 19 heavy (non-hydrogen) atoms. The SMILES string of the molecule is COc1ccc(CNCC2CCCC2C(=O)O)cc1. The highest BCUT2D eigenvalue weighted by molar-refractivity contribution is 5.70. The van der Waals surface area contributed by atoms with E-state index in [0.29, 0.717) is 0 Å². The van der Waals surface area contributed by atoms with Gasteiger partial charge in [-0.3, -0.25) is 4.79 Å². The fourth-order valence-corrected chi connectivity index (χ4v) is 2.75. The maximum Gasteiger partial charge on any atom is 0.306 e. The highest BCUT2D eigenvalue weighted by atomic mass is 16.5. The third-order valence-electron chi connectivity index (χ3n) is 3.87. The van der Waals surface area contributed by atoms with Gasteiger partial charge in [0.1, 0.15) is 5.75 Å². The van der Waals surface area contributed by atoms with Crippen LogP contribution in [-0.2, 0) is 11.3 Å². The second-order valence-electron chi connectivity index (χ2n) is 5.11. The van der Waals surface area contributed by atoms with Gasteiger partial charge in [0, 0.05) is 6.54 Å². The third kappa shape index (κ3) is 3.70. The van der Waals surface area contributed by atoms with Crippen molar-refractivity contribution in [2.45, 2.75) is 25.8 Å². The van der Waals surface area contributed by atoms with E-state index < -0.39 is 5.97 Å². The van der Waals surface area contributed by atoms with Crippen LogP contribution in [0.1, 0.15) is 24.8 Å². The normalized spacial score (nSPS) is 22.4. The number of benzene rings is 1. The van der Waals surface area contributed by atoms with E-state index in [2.05, 4.69) is 5.32 Å². The molecule has 1 fully saturated rings. The molecule has 1 saturated carbocycles. The molecule has 0 heterocycles. The number of carboxylic acid groups (broad SMARTS) is 1. The Hall–Kier alpha value is -1.55. The van der Waals surface area contributed by atoms with Crippen molar-refractivity contribution in [1.29, 1.82) is 0 Å². The number of hydrogen-bond donors (Lipinski definition) is 2. The molecule has 2 unspecified atom stereocenters. The molecule has 4 heteroatoms. The predicted octanol–water partition coefficient (Wildman–Crippen LogP) is 2.29. The lowest BCUT2D eigenvalue weighted by molar-refractivity contribution is -0.142. The Balaban J connectivity index is 1.78. The first kappa shape index (κ1) is 13.9. The van der Waals surface area contributed by atoms with E-state index in [1.54, 1.807) is 7.11 Å². The fraction of sp³-hybridized carbons (Fsp3) is 0.533. The molecule has 0 amide bonds. The summed E-state index contributed by atoms with van der Waals surface area (Å²) in [5.74, 6) is 0.318. The molecular weight excluding hydrogens is 242 g/mol. The third-order valence-corrected chi connectivity index (χ3v) is 3.87. The zero-order valence-electron chi connectivity index (χ0n) is 11.3. The number of rotatable bonds is 6. The average molecular weight is 263 g/mol. The fourth-order valence-electron chi connectivity index (χ4n) is 2.75. The lowest BCUT2D eigenvalue weighted by Gasteiger charge is -2.16. The monoisotopic (exact) mass is 263 g/mol. The van der Waals surface area contributed by atoms with Crippen LogP contribution in [0.4, 0.5) is 0 Å². The number of aliphatic carboxylic acids is 1. The largest absolute Gasteiger partial charge is 0.497 e. The highest BCUT2D eigenvalue weighted by Gasteiger charge is 2.32. The molecule has 1 aromatic rings. The van der Waals surface area contributed by atoms with Gasteiger partial charge < -0.3 is 15.2 Å². The average Bonchev–Trinajstić information content (AvgIpc) is 2.88. The second kappa shape index (κ2) is 6.57. The molecule has 1 aliphatic carbocycles. The lowest BCUT2D eigenvalue weighted by atomic mass is 9.96. The van der Waals surface area contributed by atoms with Crippen LogP contribution in [0.5, 0.6) is 5.75 Å². The summed E-state index contributed by atoms with van der Waals surface area (Å²) in [7, 11) is 1.65. The van der Waals surface area contributed by atoms with Gasteiger partial charge in [-0.15, -0.1) is 0 Å². The summed E-state index contributed by atoms with van der Waals surface area (Å²) in [5.41, 5.74) is 1.19. The van der Waals surface area contributed by atoms with E-state index in [1.165, 1.54) is 5.56 Å². The summed E-state index contributed by atoms with van der Waals surface area (Å²) in [4.78, 5) is 11.1. The first-order valence-electron chi connectivity index (χ1n) is 6.77.